The van der Waals surface area contributed by atoms with E-state index in [0.717, 1.165) is 36.8 Å². The Kier molecular flexibility index (Phi) is 5.48. The number of hydrogen-bond acceptors (Lipinski definition) is 4. The zero-order chi connectivity index (χ0) is 19.5. The molecule has 0 aliphatic heterocycles. The van der Waals surface area contributed by atoms with Crippen molar-refractivity contribution in [3.8, 4) is 0 Å². The predicted octanol–water partition coefficient (Wildman–Crippen LogP) is 4.79. The van der Waals surface area contributed by atoms with E-state index in [1.54, 1.807) is 6.92 Å². The van der Waals surface area contributed by atoms with Crippen molar-refractivity contribution < 1.29 is 14.3 Å². The van der Waals surface area contributed by atoms with E-state index in [4.69, 9.17) is 4.74 Å². The first-order valence-corrected chi connectivity index (χ1v) is 10.6. The lowest BCUT2D eigenvalue weighted by Crippen LogP contribution is -2.17. The molecule has 1 aliphatic carbocycles. The normalized spacial score (nSPS) is 13.3. The van der Waals surface area contributed by atoms with Crippen molar-refractivity contribution in [2.75, 3.05) is 11.9 Å². The second kappa shape index (κ2) is 8.19. The van der Waals surface area contributed by atoms with Crippen molar-refractivity contribution in [1.82, 2.24) is 4.57 Å². The second-order valence-corrected chi connectivity index (χ2v) is 8.11. The molecule has 2 heterocycles. The number of ether oxygens (including phenoxy) is 1. The maximum Gasteiger partial charge on any atom is 0.341 e. The van der Waals surface area contributed by atoms with Gasteiger partial charge in [0.25, 0.3) is 0 Å². The molecule has 3 aromatic rings. The van der Waals surface area contributed by atoms with E-state index in [1.165, 1.54) is 21.6 Å². The average Bonchev–Trinajstić information content (AvgIpc) is 3.27. The van der Waals surface area contributed by atoms with Gasteiger partial charge in [-0.1, -0.05) is 18.2 Å². The van der Waals surface area contributed by atoms with Gasteiger partial charge in [0.1, 0.15) is 5.00 Å². The van der Waals surface area contributed by atoms with Crippen molar-refractivity contribution in [3.63, 3.8) is 0 Å². The molecule has 1 N–H and O–H groups in total. The van der Waals surface area contributed by atoms with Gasteiger partial charge in [-0.05, 0) is 55.7 Å². The number of benzene rings is 1. The third kappa shape index (κ3) is 3.69. The van der Waals surface area contributed by atoms with E-state index < -0.39 is 0 Å². The summed E-state index contributed by atoms with van der Waals surface area (Å²) in [6, 6.07) is 10.2. The molecule has 0 fully saturated rings. The van der Waals surface area contributed by atoms with Crippen LogP contribution in [-0.4, -0.2) is 23.1 Å². The van der Waals surface area contributed by atoms with Gasteiger partial charge in [-0.2, -0.15) is 0 Å². The number of rotatable bonds is 6. The third-order valence-electron chi connectivity index (χ3n) is 5.16. The number of aryl methyl sites for hydroxylation is 2. The molecular formula is C22H24N2O3S. The maximum atomic E-state index is 12.6. The first-order valence-electron chi connectivity index (χ1n) is 9.82. The predicted molar refractivity (Wildman–Crippen MR) is 112 cm³/mol. The number of thiophene rings is 1. The number of amides is 1. The average molecular weight is 397 g/mol. The lowest BCUT2D eigenvalue weighted by molar-refractivity contribution is -0.116. The molecule has 0 saturated heterocycles. The molecule has 0 saturated carbocycles. The fourth-order valence-corrected chi connectivity index (χ4v) is 5.11. The molecule has 2 aromatic heterocycles. The number of hydrogen-bond donors (Lipinski definition) is 1. The zero-order valence-electron chi connectivity index (χ0n) is 16.0. The van der Waals surface area contributed by atoms with Crippen LogP contribution in [0.2, 0.25) is 0 Å². The quantitative estimate of drug-likeness (QED) is 0.610. The molecule has 146 valence electrons. The highest BCUT2D eigenvalue weighted by Crippen LogP contribution is 2.38. The number of fused-ring (bicyclic) bond motifs is 2. The minimum atomic E-state index is -0.325. The molecule has 28 heavy (non-hydrogen) atoms. The fraction of sp³-hybridized carbons (Fsp3) is 0.364. The summed E-state index contributed by atoms with van der Waals surface area (Å²) in [5.41, 5.74) is 2.76. The molecule has 1 aromatic carbocycles. The highest BCUT2D eigenvalue weighted by Gasteiger charge is 2.27. The number of carbonyl (C=O) groups excluding carboxylic acids is 2. The number of esters is 1. The lowest BCUT2D eigenvalue weighted by atomic mass is 9.95. The van der Waals surface area contributed by atoms with Crippen LogP contribution in [0.3, 0.4) is 0 Å². The van der Waals surface area contributed by atoms with Gasteiger partial charge in [0.2, 0.25) is 5.91 Å². The molecular weight excluding hydrogens is 372 g/mol. The minimum absolute atomic E-state index is 0.0815. The van der Waals surface area contributed by atoms with Gasteiger partial charge in [0.15, 0.2) is 0 Å². The van der Waals surface area contributed by atoms with E-state index in [1.807, 2.05) is 18.3 Å². The summed E-state index contributed by atoms with van der Waals surface area (Å²) in [7, 11) is 0. The van der Waals surface area contributed by atoms with Crippen molar-refractivity contribution in [1.29, 1.82) is 0 Å². The lowest BCUT2D eigenvalue weighted by Gasteiger charge is -2.12. The van der Waals surface area contributed by atoms with Crippen LogP contribution in [0.4, 0.5) is 5.00 Å². The van der Waals surface area contributed by atoms with Gasteiger partial charge >= 0.3 is 5.97 Å². The minimum Gasteiger partial charge on any atom is -0.462 e. The Morgan fingerprint density at radius 1 is 1.18 bits per heavy atom. The summed E-state index contributed by atoms with van der Waals surface area (Å²) in [6.07, 6.45) is 6.41. The summed E-state index contributed by atoms with van der Waals surface area (Å²) in [6.45, 7) is 2.73. The van der Waals surface area contributed by atoms with Gasteiger partial charge < -0.3 is 14.6 Å². The van der Waals surface area contributed by atoms with Gasteiger partial charge in [-0.3, -0.25) is 4.79 Å². The Balaban J connectivity index is 1.49. The molecule has 0 atom stereocenters. The highest BCUT2D eigenvalue weighted by atomic mass is 32.1. The summed E-state index contributed by atoms with van der Waals surface area (Å²) in [5.74, 6) is -0.407. The number of para-hydroxylation sites is 1. The SMILES string of the molecule is CCOC(=O)c1c(NC(=O)CCn2ccc3ccccc32)sc2c1CCCC2. The Morgan fingerprint density at radius 3 is 2.86 bits per heavy atom. The van der Waals surface area contributed by atoms with Crippen LogP contribution in [0, 0.1) is 0 Å². The molecule has 0 radical (unpaired) electrons. The topological polar surface area (TPSA) is 60.3 Å². The Bertz CT molecular complexity index is 1020. The Morgan fingerprint density at radius 2 is 2.00 bits per heavy atom. The largest absolute Gasteiger partial charge is 0.462 e. The fourth-order valence-electron chi connectivity index (χ4n) is 3.82. The molecule has 5 nitrogen and oxygen atoms in total. The second-order valence-electron chi connectivity index (χ2n) is 7.00. The zero-order valence-corrected chi connectivity index (χ0v) is 16.8. The summed E-state index contributed by atoms with van der Waals surface area (Å²) in [4.78, 5) is 26.3. The summed E-state index contributed by atoms with van der Waals surface area (Å²) >= 11 is 1.53. The number of nitrogens with one attached hydrogen (secondary N) is 1. The van der Waals surface area contributed by atoms with Crippen molar-refractivity contribution >= 4 is 39.1 Å². The van der Waals surface area contributed by atoms with E-state index >= 15 is 0 Å². The van der Waals surface area contributed by atoms with Gasteiger partial charge in [-0.25, -0.2) is 4.79 Å². The van der Waals surface area contributed by atoms with E-state index in [0.29, 0.717) is 30.1 Å². The van der Waals surface area contributed by atoms with E-state index in [9.17, 15) is 9.59 Å². The van der Waals surface area contributed by atoms with Crippen LogP contribution in [0.1, 0.15) is 47.0 Å². The first-order chi connectivity index (χ1) is 13.7. The van der Waals surface area contributed by atoms with Crippen molar-refractivity contribution in [2.24, 2.45) is 0 Å². The van der Waals surface area contributed by atoms with Crippen LogP contribution in [-0.2, 0) is 28.9 Å². The maximum absolute atomic E-state index is 12.6. The first kappa shape index (κ1) is 18.7. The highest BCUT2D eigenvalue weighted by molar-refractivity contribution is 7.17. The van der Waals surface area contributed by atoms with Crippen molar-refractivity contribution in [2.45, 2.75) is 45.6 Å². The van der Waals surface area contributed by atoms with Crippen LogP contribution < -0.4 is 5.32 Å². The van der Waals surface area contributed by atoms with Crippen LogP contribution >= 0.6 is 11.3 Å². The monoisotopic (exact) mass is 396 g/mol. The smallest absolute Gasteiger partial charge is 0.341 e. The van der Waals surface area contributed by atoms with Crippen molar-refractivity contribution in [3.05, 3.63) is 52.5 Å². The molecule has 0 spiro atoms. The van der Waals surface area contributed by atoms with Gasteiger partial charge in [0.05, 0.1) is 12.2 Å². The van der Waals surface area contributed by atoms with Crippen LogP contribution in [0.25, 0.3) is 10.9 Å². The van der Waals surface area contributed by atoms with Crippen LogP contribution in [0.5, 0.6) is 0 Å². The van der Waals surface area contributed by atoms with E-state index in [-0.39, 0.29) is 11.9 Å². The number of carbonyl (C=O) groups is 2. The molecule has 6 heteroatoms. The molecule has 1 aliphatic rings. The Hall–Kier alpha value is -2.60. The standard InChI is InChI=1S/C22H24N2O3S/c1-2-27-22(26)20-16-8-4-6-10-18(16)28-21(20)23-19(25)12-14-24-13-11-15-7-3-5-9-17(15)24/h3,5,7,9,11,13H,2,4,6,8,10,12,14H2,1H3,(H,23,25). The van der Waals surface area contributed by atoms with Gasteiger partial charge in [-0.15, -0.1) is 11.3 Å². The summed E-state index contributed by atoms with van der Waals surface area (Å²) < 4.78 is 7.34. The number of anilines is 1. The van der Waals surface area contributed by atoms with Gasteiger partial charge in [0, 0.05) is 29.6 Å². The van der Waals surface area contributed by atoms with E-state index in [2.05, 4.69) is 28.1 Å². The molecule has 0 bridgehead atoms. The molecule has 1 amide bonds. The third-order valence-corrected chi connectivity index (χ3v) is 6.37. The number of nitrogens with zero attached hydrogens (tertiary/aromatic N) is 1. The molecule has 0 unspecified atom stereocenters. The Labute approximate surface area is 168 Å². The molecule has 4 rings (SSSR count). The van der Waals surface area contributed by atoms with Crippen LogP contribution in [0.15, 0.2) is 36.5 Å². The summed E-state index contributed by atoms with van der Waals surface area (Å²) in [5, 5.41) is 4.79. The number of aromatic nitrogens is 1.